The SMILES string of the molecule is Cc1ccc(S(=O)OC2CC(N(C)C(=O)OC(C)(C)C)C2)cc1. The van der Waals surface area contributed by atoms with Crippen LogP contribution >= 0.6 is 0 Å². The van der Waals surface area contributed by atoms with E-state index >= 15 is 0 Å². The number of amides is 1. The summed E-state index contributed by atoms with van der Waals surface area (Å²) in [4.78, 5) is 14.2. The van der Waals surface area contributed by atoms with Gasteiger partial charge < -0.3 is 9.64 Å². The van der Waals surface area contributed by atoms with Crippen molar-refractivity contribution in [2.24, 2.45) is 0 Å². The molecule has 0 heterocycles. The van der Waals surface area contributed by atoms with Gasteiger partial charge in [-0.1, -0.05) is 17.7 Å². The molecular weight excluding hydrogens is 314 g/mol. The van der Waals surface area contributed by atoms with Gasteiger partial charge in [0.05, 0.1) is 11.0 Å². The number of nitrogens with zero attached hydrogens (tertiary/aromatic N) is 1. The molecule has 0 bridgehead atoms. The maximum atomic E-state index is 12.1. The molecule has 0 aromatic heterocycles. The second kappa shape index (κ2) is 7.01. The second-order valence-electron chi connectivity index (χ2n) is 6.98. The van der Waals surface area contributed by atoms with Crippen molar-refractivity contribution in [1.82, 2.24) is 4.90 Å². The van der Waals surface area contributed by atoms with Gasteiger partial charge in [0.15, 0.2) is 11.1 Å². The summed E-state index contributed by atoms with van der Waals surface area (Å²) in [5, 5.41) is 0. The molecular formula is C17H25NO4S. The summed E-state index contributed by atoms with van der Waals surface area (Å²) in [5.41, 5.74) is 0.617. The van der Waals surface area contributed by atoms with Crippen LogP contribution in [0.4, 0.5) is 4.79 Å². The molecule has 1 aromatic rings. The van der Waals surface area contributed by atoms with E-state index in [1.165, 1.54) is 0 Å². The van der Waals surface area contributed by atoms with Crippen molar-refractivity contribution in [3.05, 3.63) is 29.8 Å². The van der Waals surface area contributed by atoms with Crippen molar-refractivity contribution in [2.75, 3.05) is 7.05 Å². The Kier molecular flexibility index (Phi) is 5.47. The molecule has 1 atom stereocenters. The number of carbonyl (C=O) groups is 1. The van der Waals surface area contributed by atoms with Crippen molar-refractivity contribution in [1.29, 1.82) is 0 Å². The first-order valence-corrected chi connectivity index (χ1v) is 8.84. The summed E-state index contributed by atoms with van der Waals surface area (Å²) in [6.45, 7) is 7.51. The van der Waals surface area contributed by atoms with Crippen molar-refractivity contribution >= 4 is 17.2 Å². The molecule has 0 aliphatic heterocycles. The maximum absolute atomic E-state index is 12.1. The van der Waals surface area contributed by atoms with E-state index in [1.807, 2.05) is 52.0 Å². The molecule has 6 heteroatoms. The maximum Gasteiger partial charge on any atom is 0.410 e. The number of rotatable bonds is 4. The highest BCUT2D eigenvalue weighted by Gasteiger charge is 2.37. The lowest BCUT2D eigenvalue weighted by atomic mass is 9.89. The third-order valence-electron chi connectivity index (χ3n) is 3.74. The minimum absolute atomic E-state index is 0.0740. The quantitative estimate of drug-likeness (QED) is 0.843. The fourth-order valence-corrected chi connectivity index (χ4v) is 3.12. The van der Waals surface area contributed by atoms with Crippen molar-refractivity contribution in [2.45, 2.75) is 63.2 Å². The molecule has 1 unspecified atom stereocenters. The van der Waals surface area contributed by atoms with Crippen LogP contribution in [-0.2, 0) is 20.0 Å². The summed E-state index contributed by atoms with van der Waals surface area (Å²) in [7, 11) is 1.73. The highest BCUT2D eigenvalue weighted by atomic mass is 32.2. The van der Waals surface area contributed by atoms with E-state index in [0.29, 0.717) is 17.7 Å². The minimum Gasteiger partial charge on any atom is -0.444 e. The van der Waals surface area contributed by atoms with Gasteiger partial charge in [0.2, 0.25) is 0 Å². The highest BCUT2D eigenvalue weighted by Crippen LogP contribution is 2.30. The molecule has 2 rings (SSSR count). The first kappa shape index (κ1) is 17.9. The van der Waals surface area contributed by atoms with Crippen molar-refractivity contribution < 1.29 is 17.9 Å². The zero-order valence-corrected chi connectivity index (χ0v) is 15.2. The highest BCUT2D eigenvalue weighted by molar-refractivity contribution is 7.80. The number of aryl methyl sites for hydroxylation is 1. The van der Waals surface area contributed by atoms with E-state index in [0.717, 1.165) is 5.56 Å². The largest absolute Gasteiger partial charge is 0.444 e. The van der Waals surface area contributed by atoms with Gasteiger partial charge in [0.25, 0.3) is 0 Å². The smallest absolute Gasteiger partial charge is 0.410 e. The number of hydrogen-bond acceptors (Lipinski definition) is 4. The van der Waals surface area contributed by atoms with Crippen LogP contribution < -0.4 is 0 Å². The summed E-state index contributed by atoms with van der Waals surface area (Å²) >= 11 is -1.46. The predicted molar refractivity (Wildman–Crippen MR) is 89.5 cm³/mol. The molecule has 128 valence electrons. The Bertz CT molecular complexity index is 573. The predicted octanol–water partition coefficient (Wildman–Crippen LogP) is 3.43. The minimum atomic E-state index is -1.46. The average Bonchev–Trinajstić information content (AvgIpc) is 2.40. The van der Waals surface area contributed by atoms with E-state index in [4.69, 9.17) is 8.92 Å². The van der Waals surface area contributed by atoms with Crippen LogP contribution in [-0.4, -0.2) is 40.0 Å². The van der Waals surface area contributed by atoms with Gasteiger partial charge in [0, 0.05) is 13.1 Å². The fraction of sp³-hybridized carbons (Fsp3) is 0.588. The van der Waals surface area contributed by atoms with Gasteiger partial charge in [-0.25, -0.2) is 9.00 Å². The van der Waals surface area contributed by atoms with Crippen LogP contribution in [0.1, 0.15) is 39.2 Å². The van der Waals surface area contributed by atoms with Gasteiger partial charge in [-0.15, -0.1) is 0 Å². The Morgan fingerprint density at radius 2 is 1.78 bits per heavy atom. The summed E-state index contributed by atoms with van der Waals surface area (Å²) in [6.07, 6.45) is 0.924. The number of benzene rings is 1. The van der Waals surface area contributed by atoms with Gasteiger partial charge in [-0.05, 0) is 52.7 Å². The third kappa shape index (κ3) is 5.04. The summed E-state index contributed by atoms with van der Waals surface area (Å²) in [6, 6.07) is 7.53. The summed E-state index contributed by atoms with van der Waals surface area (Å²) in [5.74, 6) is 0. The third-order valence-corrected chi connectivity index (χ3v) is 4.84. The van der Waals surface area contributed by atoms with Gasteiger partial charge in [-0.3, -0.25) is 4.18 Å². The standard InChI is InChI=1S/C17H25NO4S/c1-12-6-8-15(9-7-12)23(20)22-14-10-13(11-14)18(5)16(19)21-17(2,3)4/h6-9,13-14H,10-11H2,1-5H3. The van der Waals surface area contributed by atoms with Gasteiger partial charge >= 0.3 is 6.09 Å². The van der Waals surface area contributed by atoms with E-state index in [2.05, 4.69) is 0 Å². The Morgan fingerprint density at radius 3 is 2.30 bits per heavy atom. The van der Waals surface area contributed by atoms with Crippen LogP contribution in [0.2, 0.25) is 0 Å². The van der Waals surface area contributed by atoms with Gasteiger partial charge in [0.1, 0.15) is 5.60 Å². The van der Waals surface area contributed by atoms with Crippen molar-refractivity contribution in [3.8, 4) is 0 Å². The van der Waals surface area contributed by atoms with Crippen LogP contribution in [0.25, 0.3) is 0 Å². The molecule has 1 amide bonds. The number of hydrogen-bond donors (Lipinski definition) is 0. The van der Waals surface area contributed by atoms with E-state index in [-0.39, 0.29) is 18.2 Å². The van der Waals surface area contributed by atoms with Crippen molar-refractivity contribution in [3.63, 3.8) is 0 Å². The summed E-state index contributed by atoms with van der Waals surface area (Å²) < 4.78 is 23.0. The lowest BCUT2D eigenvalue weighted by molar-refractivity contribution is -0.00592. The fourth-order valence-electron chi connectivity index (χ4n) is 2.24. The molecule has 5 nitrogen and oxygen atoms in total. The molecule has 1 fully saturated rings. The Morgan fingerprint density at radius 1 is 1.22 bits per heavy atom. The molecule has 0 saturated heterocycles. The molecule has 0 spiro atoms. The van der Waals surface area contributed by atoms with Crippen LogP contribution in [0.5, 0.6) is 0 Å². The molecule has 1 aliphatic rings. The average molecular weight is 339 g/mol. The normalized spacial score (nSPS) is 22.1. The molecule has 0 radical (unpaired) electrons. The Balaban J connectivity index is 1.79. The lowest BCUT2D eigenvalue weighted by Gasteiger charge is -2.40. The lowest BCUT2D eigenvalue weighted by Crippen LogP contribution is -2.50. The molecule has 23 heavy (non-hydrogen) atoms. The van der Waals surface area contributed by atoms with E-state index < -0.39 is 16.7 Å². The number of ether oxygens (including phenoxy) is 1. The van der Waals surface area contributed by atoms with E-state index in [9.17, 15) is 9.00 Å². The van der Waals surface area contributed by atoms with Gasteiger partial charge in [-0.2, -0.15) is 0 Å². The molecule has 1 aromatic carbocycles. The van der Waals surface area contributed by atoms with Crippen LogP contribution in [0.15, 0.2) is 29.2 Å². The van der Waals surface area contributed by atoms with Crippen LogP contribution in [0.3, 0.4) is 0 Å². The Labute approximate surface area is 140 Å². The zero-order valence-electron chi connectivity index (χ0n) is 14.4. The Hall–Kier alpha value is -1.40. The first-order chi connectivity index (χ1) is 10.7. The van der Waals surface area contributed by atoms with Crippen LogP contribution in [0, 0.1) is 6.92 Å². The molecule has 0 N–H and O–H groups in total. The molecule has 1 saturated carbocycles. The van der Waals surface area contributed by atoms with E-state index in [1.54, 1.807) is 11.9 Å². The topological polar surface area (TPSA) is 55.8 Å². The zero-order chi connectivity index (χ0) is 17.2. The monoisotopic (exact) mass is 339 g/mol. The first-order valence-electron chi connectivity index (χ1n) is 7.77. The second-order valence-corrected chi connectivity index (χ2v) is 8.12. The number of carbonyl (C=O) groups excluding carboxylic acids is 1. The molecule has 1 aliphatic carbocycles.